The van der Waals surface area contributed by atoms with E-state index in [1.807, 2.05) is 13.8 Å². The lowest BCUT2D eigenvalue weighted by Gasteiger charge is -2.26. The second-order valence-corrected chi connectivity index (χ2v) is 14.4. The summed E-state index contributed by atoms with van der Waals surface area (Å²) in [6.45, 7) is 6.51. The molecule has 0 saturated carbocycles. The first-order chi connectivity index (χ1) is 26.7. The number of aliphatic imine (C=N–C) groups is 1. The molecule has 20 nitrogen and oxygen atoms in total. The van der Waals surface area contributed by atoms with Crippen molar-refractivity contribution in [1.82, 2.24) is 31.9 Å². The predicted octanol–water partition coefficient (Wildman–Crippen LogP) is -2.27. The van der Waals surface area contributed by atoms with Gasteiger partial charge in [0, 0.05) is 25.1 Å². The zero-order valence-electron chi connectivity index (χ0n) is 32.7. The van der Waals surface area contributed by atoms with Crippen LogP contribution in [0.2, 0.25) is 0 Å². The summed E-state index contributed by atoms with van der Waals surface area (Å²) in [4.78, 5) is 106. The number of carboxylic acids is 2. The van der Waals surface area contributed by atoms with Gasteiger partial charge in [0.1, 0.15) is 30.2 Å². The zero-order chi connectivity index (χ0) is 43.2. The van der Waals surface area contributed by atoms with Crippen molar-refractivity contribution >= 4 is 66.0 Å². The highest BCUT2D eigenvalue weighted by atomic mass is 32.1. The molecule has 6 amide bonds. The van der Waals surface area contributed by atoms with Gasteiger partial charge in [-0.15, -0.1) is 0 Å². The van der Waals surface area contributed by atoms with Gasteiger partial charge in [-0.05, 0) is 43.1 Å². The van der Waals surface area contributed by atoms with Crippen LogP contribution in [0.3, 0.4) is 0 Å². The van der Waals surface area contributed by atoms with Crippen LogP contribution in [0.25, 0.3) is 0 Å². The van der Waals surface area contributed by atoms with Gasteiger partial charge in [0.25, 0.3) is 0 Å². The Morgan fingerprint density at radius 3 is 1.84 bits per heavy atom. The maximum absolute atomic E-state index is 13.5. The van der Waals surface area contributed by atoms with Crippen molar-refractivity contribution in [3.05, 3.63) is 35.9 Å². The molecule has 57 heavy (non-hydrogen) atoms. The van der Waals surface area contributed by atoms with Gasteiger partial charge in [-0.2, -0.15) is 12.6 Å². The van der Waals surface area contributed by atoms with Gasteiger partial charge in [-0.1, -0.05) is 58.0 Å². The average Bonchev–Trinajstić information content (AvgIpc) is 3.13. The van der Waals surface area contributed by atoms with E-state index >= 15 is 0 Å². The minimum Gasteiger partial charge on any atom is -0.481 e. The molecule has 0 bridgehead atoms. The van der Waals surface area contributed by atoms with Gasteiger partial charge in [0.05, 0.1) is 12.6 Å². The number of hydrogen-bond donors (Lipinski definition) is 12. The number of thiol groups is 1. The van der Waals surface area contributed by atoms with Crippen molar-refractivity contribution in [2.24, 2.45) is 34.0 Å². The number of nitrogens with zero attached hydrogens (tertiary/aromatic N) is 1. The second kappa shape index (κ2) is 25.7. The Morgan fingerprint density at radius 2 is 1.32 bits per heavy atom. The Hall–Kier alpha value is -5.44. The first-order valence-corrected chi connectivity index (χ1v) is 19.1. The van der Waals surface area contributed by atoms with E-state index in [0.717, 1.165) is 0 Å². The van der Waals surface area contributed by atoms with Gasteiger partial charge < -0.3 is 59.3 Å². The number of amides is 6. The summed E-state index contributed by atoms with van der Waals surface area (Å²) in [6.07, 6.45) is -0.602. The number of carboxylic acid groups (broad SMARTS) is 2. The molecule has 0 aliphatic carbocycles. The van der Waals surface area contributed by atoms with Crippen LogP contribution in [0.15, 0.2) is 35.3 Å². The van der Waals surface area contributed by atoms with Gasteiger partial charge in [0.2, 0.25) is 35.4 Å². The van der Waals surface area contributed by atoms with Crippen LogP contribution in [-0.4, -0.2) is 119 Å². The number of carbonyl (C=O) groups excluding carboxylic acids is 6. The molecule has 21 heteroatoms. The Bertz CT molecular complexity index is 1560. The lowest BCUT2D eigenvalue weighted by Crippen LogP contribution is -2.58. The maximum Gasteiger partial charge on any atom is 0.326 e. The zero-order valence-corrected chi connectivity index (χ0v) is 33.6. The fourth-order valence-corrected chi connectivity index (χ4v) is 5.56. The number of aliphatic carboxylic acids is 2. The quantitative estimate of drug-likeness (QED) is 0.0203. The molecule has 0 aromatic heterocycles. The van der Waals surface area contributed by atoms with Gasteiger partial charge in [-0.25, -0.2) is 4.79 Å². The molecular weight excluding hydrogens is 765 g/mol. The number of nitrogens with one attached hydrogen (secondary N) is 6. The molecule has 0 unspecified atom stereocenters. The molecule has 1 aromatic rings. The van der Waals surface area contributed by atoms with Crippen molar-refractivity contribution in [1.29, 1.82) is 0 Å². The predicted molar refractivity (Wildman–Crippen MR) is 213 cm³/mol. The Kier molecular flexibility index (Phi) is 22.3. The van der Waals surface area contributed by atoms with Crippen LogP contribution >= 0.6 is 12.6 Å². The summed E-state index contributed by atoms with van der Waals surface area (Å²) in [5, 5.41) is 33.8. The molecule has 0 fully saturated rings. The third-order valence-corrected chi connectivity index (χ3v) is 8.69. The number of carbonyl (C=O) groups is 8. The standard InChI is InChI=1S/C36H58N10O10S/c1-19(2)15-22(37)30(50)46-29(20(3)4)34(54)45-26(18-57)31(51)41-17-27(47)42-24(12-13-28(48)49)33(53)43-23(11-8-14-40-36(38)39)32(52)44-25(35(55)56)16-21-9-6-5-7-10-21/h5-7,9-10,19-20,22-26,29,57H,8,11-18,37H2,1-4H3,(H,41,51)(H,42,47)(H,43,53)(H,44,52)(H,45,54)(H,46,50)(H,48,49)(H,55,56)(H4,38,39,40)/t22-,23-,24-,25-,26-,29-/m0/s1. The van der Waals surface area contributed by atoms with E-state index in [9.17, 15) is 48.6 Å². The highest BCUT2D eigenvalue weighted by molar-refractivity contribution is 7.80. The number of rotatable bonds is 26. The van der Waals surface area contributed by atoms with E-state index in [2.05, 4.69) is 49.5 Å². The fourth-order valence-electron chi connectivity index (χ4n) is 5.31. The topological polar surface area (TPSA) is 340 Å². The molecule has 6 atom stereocenters. The van der Waals surface area contributed by atoms with Crippen molar-refractivity contribution in [2.75, 3.05) is 18.8 Å². The summed E-state index contributed by atoms with van der Waals surface area (Å²) in [5.41, 5.74) is 17.3. The molecule has 0 radical (unpaired) electrons. The second-order valence-electron chi connectivity index (χ2n) is 14.1. The Morgan fingerprint density at radius 1 is 0.737 bits per heavy atom. The molecule has 318 valence electrons. The van der Waals surface area contributed by atoms with Crippen molar-refractivity contribution in [3.8, 4) is 0 Å². The van der Waals surface area contributed by atoms with E-state index < -0.39 is 103 Å². The Labute approximate surface area is 337 Å². The van der Waals surface area contributed by atoms with E-state index in [0.29, 0.717) is 12.0 Å². The third kappa shape index (κ3) is 19.8. The summed E-state index contributed by atoms with van der Waals surface area (Å²) >= 11 is 4.13. The lowest BCUT2D eigenvalue weighted by atomic mass is 10.00. The van der Waals surface area contributed by atoms with Gasteiger partial charge >= 0.3 is 11.9 Å². The molecule has 1 rings (SSSR count). The van der Waals surface area contributed by atoms with E-state index in [1.54, 1.807) is 44.2 Å². The largest absolute Gasteiger partial charge is 0.481 e. The van der Waals surface area contributed by atoms with E-state index in [4.69, 9.17) is 17.2 Å². The van der Waals surface area contributed by atoms with Crippen molar-refractivity contribution in [2.45, 2.75) is 102 Å². The minimum atomic E-state index is -1.52. The summed E-state index contributed by atoms with van der Waals surface area (Å²) < 4.78 is 0. The fraction of sp³-hybridized carbons (Fsp3) is 0.583. The maximum atomic E-state index is 13.5. The number of benzene rings is 1. The molecule has 0 heterocycles. The van der Waals surface area contributed by atoms with Crippen molar-refractivity contribution < 1.29 is 48.6 Å². The Balaban J connectivity index is 3.07. The SMILES string of the molecule is CC(C)C[C@H](N)C(=O)N[C@H](C(=O)N[C@@H](CS)C(=O)NCC(=O)N[C@@H](CCC(=O)O)C(=O)N[C@@H](CCCN=C(N)N)C(=O)N[C@@H](Cc1ccccc1)C(=O)O)C(C)C. The molecule has 0 aliphatic heterocycles. The smallest absolute Gasteiger partial charge is 0.326 e. The van der Waals surface area contributed by atoms with Gasteiger partial charge in [0.15, 0.2) is 5.96 Å². The summed E-state index contributed by atoms with van der Waals surface area (Å²) in [7, 11) is 0. The minimum absolute atomic E-state index is 0.0557. The van der Waals surface area contributed by atoms with Crippen LogP contribution in [0, 0.1) is 11.8 Å². The van der Waals surface area contributed by atoms with Crippen LogP contribution in [0.4, 0.5) is 0 Å². The summed E-state index contributed by atoms with van der Waals surface area (Å²) in [6, 6.07) is 1.10. The van der Waals surface area contributed by atoms with Crippen LogP contribution in [0.5, 0.6) is 0 Å². The number of hydrogen-bond acceptors (Lipinski definition) is 11. The highest BCUT2D eigenvalue weighted by Crippen LogP contribution is 2.09. The molecule has 0 aliphatic rings. The van der Waals surface area contributed by atoms with Gasteiger partial charge in [-0.3, -0.25) is 38.6 Å². The van der Waals surface area contributed by atoms with E-state index in [-0.39, 0.29) is 49.4 Å². The molecular formula is C36H58N10O10S. The van der Waals surface area contributed by atoms with Crippen molar-refractivity contribution in [3.63, 3.8) is 0 Å². The summed E-state index contributed by atoms with van der Waals surface area (Å²) in [5.74, 6) is -8.11. The first kappa shape index (κ1) is 49.6. The monoisotopic (exact) mass is 822 g/mol. The third-order valence-electron chi connectivity index (χ3n) is 8.32. The highest BCUT2D eigenvalue weighted by Gasteiger charge is 2.32. The molecule has 0 spiro atoms. The number of guanidine groups is 1. The molecule has 14 N–H and O–H groups in total. The average molecular weight is 823 g/mol. The number of nitrogens with two attached hydrogens (primary N) is 3. The van der Waals surface area contributed by atoms with Crippen LogP contribution in [-0.2, 0) is 44.8 Å². The first-order valence-electron chi connectivity index (χ1n) is 18.4. The lowest BCUT2D eigenvalue weighted by molar-refractivity contribution is -0.142. The normalized spacial score (nSPS) is 14.1. The van der Waals surface area contributed by atoms with E-state index in [1.165, 1.54) is 0 Å². The van der Waals surface area contributed by atoms with Crippen LogP contribution in [0.1, 0.15) is 65.4 Å². The van der Waals surface area contributed by atoms with Crippen LogP contribution < -0.4 is 49.1 Å². The molecule has 1 aromatic carbocycles. The molecule has 0 saturated heterocycles.